The van der Waals surface area contributed by atoms with Crippen LogP contribution in [0.5, 0.6) is 11.5 Å². The van der Waals surface area contributed by atoms with Gasteiger partial charge in [0, 0.05) is 6.08 Å². The molecule has 0 radical (unpaired) electrons. The van der Waals surface area contributed by atoms with Crippen molar-refractivity contribution in [2.75, 3.05) is 25.8 Å². The molecule has 0 saturated heterocycles. The van der Waals surface area contributed by atoms with Crippen LogP contribution in [0.4, 0.5) is 5.82 Å². The van der Waals surface area contributed by atoms with Gasteiger partial charge in [0.25, 0.3) is 0 Å². The third kappa shape index (κ3) is 3.88. The third-order valence-corrected chi connectivity index (χ3v) is 3.80. The number of nitriles is 1. The van der Waals surface area contributed by atoms with Crippen LogP contribution >= 0.6 is 11.8 Å². The average molecular weight is 344 g/mol. The lowest BCUT2D eigenvalue weighted by Gasteiger charge is -2.07. The molecule has 0 saturated carbocycles. The second-order valence-corrected chi connectivity index (χ2v) is 5.33. The number of nitrogens with zero attached hydrogens (tertiary/aromatic N) is 2. The van der Waals surface area contributed by atoms with Gasteiger partial charge in [-0.3, -0.25) is 9.89 Å². The number of methoxy groups -OCH3 is 2. The molecule has 1 heterocycles. The first kappa shape index (κ1) is 17.4. The SMILES string of the molecule is COc1ccc(C=CC(=O)Nc2[nH]nc(SC)c2C#N)cc1OC. The van der Waals surface area contributed by atoms with Gasteiger partial charge in [0.05, 0.1) is 14.2 Å². The molecule has 0 aliphatic carbocycles. The maximum absolute atomic E-state index is 12.0. The van der Waals surface area contributed by atoms with Crippen LogP contribution in [-0.2, 0) is 4.79 Å². The highest BCUT2D eigenvalue weighted by atomic mass is 32.2. The molecule has 2 N–H and O–H groups in total. The molecule has 0 fully saturated rings. The van der Waals surface area contributed by atoms with Crippen LogP contribution in [0.2, 0.25) is 0 Å². The van der Waals surface area contributed by atoms with E-state index in [2.05, 4.69) is 15.5 Å². The van der Waals surface area contributed by atoms with Crippen LogP contribution in [0.3, 0.4) is 0 Å². The molecule has 0 atom stereocenters. The van der Waals surface area contributed by atoms with Gasteiger partial charge in [-0.25, -0.2) is 0 Å². The lowest BCUT2D eigenvalue weighted by Crippen LogP contribution is -2.09. The van der Waals surface area contributed by atoms with E-state index < -0.39 is 0 Å². The van der Waals surface area contributed by atoms with E-state index in [4.69, 9.17) is 14.7 Å². The van der Waals surface area contributed by atoms with E-state index >= 15 is 0 Å². The predicted molar refractivity (Wildman–Crippen MR) is 92.3 cm³/mol. The minimum Gasteiger partial charge on any atom is -0.493 e. The average Bonchev–Trinajstić information content (AvgIpc) is 3.01. The molecule has 8 heteroatoms. The highest BCUT2D eigenvalue weighted by Gasteiger charge is 2.13. The first-order valence-electron chi connectivity index (χ1n) is 6.86. The van der Waals surface area contributed by atoms with Crippen LogP contribution in [0.25, 0.3) is 6.08 Å². The monoisotopic (exact) mass is 344 g/mol. The van der Waals surface area contributed by atoms with Gasteiger partial charge >= 0.3 is 0 Å². The summed E-state index contributed by atoms with van der Waals surface area (Å²) in [4.78, 5) is 12.0. The summed E-state index contributed by atoms with van der Waals surface area (Å²) in [5.74, 6) is 1.09. The van der Waals surface area contributed by atoms with Crippen molar-refractivity contribution >= 4 is 29.6 Å². The van der Waals surface area contributed by atoms with E-state index in [1.165, 1.54) is 17.8 Å². The summed E-state index contributed by atoms with van der Waals surface area (Å²) >= 11 is 1.33. The Morgan fingerprint density at radius 1 is 1.38 bits per heavy atom. The Morgan fingerprint density at radius 2 is 2.12 bits per heavy atom. The van der Waals surface area contributed by atoms with Gasteiger partial charge in [0.1, 0.15) is 22.5 Å². The standard InChI is InChI=1S/C16H16N4O3S/c1-22-12-6-4-10(8-13(12)23-2)5-7-14(21)18-15-11(9-17)16(24-3)20-19-15/h4-8H,1-3H3,(H2,18,19,20,21). The molecule has 24 heavy (non-hydrogen) atoms. The minimum absolute atomic E-state index is 0.281. The summed E-state index contributed by atoms with van der Waals surface area (Å²) in [5.41, 5.74) is 1.09. The first-order chi connectivity index (χ1) is 11.6. The minimum atomic E-state index is -0.377. The molecule has 1 amide bonds. The Labute approximate surface area is 143 Å². The molecule has 0 bridgehead atoms. The molecule has 7 nitrogen and oxygen atoms in total. The first-order valence-corrected chi connectivity index (χ1v) is 8.09. The number of carbonyl (C=O) groups excluding carboxylic acids is 1. The zero-order chi connectivity index (χ0) is 17.5. The molecule has 0 aliphatic heterocycles. The molecule has 0 unspecified atom stereocenters. The number of ether oxygens (including phenoxy) is 2. The van der Waals surface area contributed by atoms with Crippen LogP contribution in [0, 0.1) is 11.3 Å². The Bertz CT molecular complexity index is 808. The molecule has 2 rings (SSSR count). The Kier molecular flexibility index (Phi) is 5.87. The van der Waals surface area contributed by atoms with Crippen LogP contribution < -0.4 is 14.8 Å². The van der Waals surface area contributed by atoms with Crippen LogP contribution in [-0.4, -0.2) is 36.6 Å². The van der Waals surface area contributed by atoms with E-state index in [-0.39, 0.29) is 11.7 Å². The van der Waals surface area contributed by atoms with Crippen molar-refractivity contribution in [1.29, 1.82) is 5.26 Å². The zero-order valence-electron chi connectivity index (χ0n) is 13.4. The van der Waals surface area contributed by atoms with Crippen molar-refractivity contribution in [3.8, 4) is 17.6 Å². The molecule has 124 valence electrons. The summed E-state index contributed by atoms with van der Waals surface area (Å²) in [6.45, 7) is 0. The van der Waals surface area contributed by atoms with E-state index in [1.807, 2.05) is 6.07 Å². The highest BCUT2D eigenvalue weighted by molar-refractivity contribution is 7.98. The van der Waals surface area contributed by atoms with Crippen molar-refractivity contribution in [2.45, 2.75) is 5.03 Å². The van der Waals surface area contributed by atoms with Gasteiger partial charge in [-0.1, -0.05) is 6.07 Å². The normalized spacial score (nSPS) is 10.4. The quantitative estimate of drug-likeness (QED) is 0.617. The number of benzene rings is 1. The molecule has 0 aliphatic rings. The lowest BCUT2D eigenvalue weighted by atomic mass is 10.2. The third-order valence-electron chi connectivity index (χ3n) is 3.12. The number of thioether (sulfide) groups is 1. The number of hydrogen-bond acceptors (Lipinski definition) is 6. The number of hydrogen-bond donors (Lipinski definition) is 2. The van der Waals surface area contributed by atoms with Gasteiger partial charge < -0.3 is 14.8 Å². The number of carbonyl (C=O) groups is 1. The van der Waals surface area contributed by atoms with Crippen molar-refractivity contribution in [3.05, 3.63) is 35.4 Å². The Morgan fingerprint density at radius 3 is 2.75 bits per heavy atom. The summed E-state index contributed by atoms with van der Waals surface area (Å²) in [6.07, 6.45) is 4.80. The fourth-order valence-electron chi connectivity index (χ4n) is 1.96. The number of aromatic nitrogens is 2. The molecule has 0 spiro atoms. The van der Waals surface area contributed by atoms with Crippen LogP contribution in [0.1, 0.15) is 11.1 Å². The smallest absolute Gasteiger partial charge is 0.249 e. The van der Waals surface area contributed by atoms with E-state index in [0.717, 1.165) is 5.56 Å². The maximum atomic E-state index is 12.0. The molecule has 2 aromatic rings. The van der Waals surface area contributed by atoms with E-state index in [1.54, 1.807) is 44.8 Å². The fourth-order valence-corrected chi connectivity index (χ4v) is 2.45. The molecule has 1 aromatic carbocycles. The van der Waals surface area contributed by atoms with Crippen molar-refractivity contribution in [1.82, 2.24) is 10.2 Å². The predicted octanol–water partition coefficient (Wildman–Crippen LogP) is 2.67. The summed E-state index contributed by atoms with van der Waals surface area (Å²) in [6, 6.07) is 7.33. The summed E-state index contributed by atoms with van der Waals surface area (Å²) in [7, 11) is 3.10. The molecular weight excluding hydrogens is 328 g/mol. The van der Waals surface area contributed by atoms with Gasteiger partial charge in [0.15, 0.2) is 11.5 Å². The zero-order valence-corrected chi connectivity index (χ0v) is 14.2. The topological polar surface area (TPSA) is 100 Å². The second-order valence-electron chi connectivity index (χ2n) is 4.53. The van der Waals surface area contributed by atoms with Crippen molar-refractivity contribution in [3.63, 3.8) is 0 Å². The van der Waals surface area contributed by atoms with Gasteiger partial charge in [-0.2, -0.15) is 10.4 Å². The van der Waals surface area contributed by atoms with E-state index in [9.17, 15) is 4.79 Å². The Balaban J connectivity index is 2.11. The van der Waals surface area contributed by atoms with Crippen molar-refractivity contribution < 1.29 is 14.3 Å². The van der Waals surface area contributed by atoms with Crippen LogP contribution in [0.15, 0.2) is 29.3 Å². The lowest BCUT2D eigenvalue weighted by molar-refractivity contribution is -0.111. The fraction of sp³-hybridized carbons (Fsp3) is 0.188. The number of nitrogens with one attached hydrogen (secondary N) is 2. The highest BCUT2D eigenvalue weighted by Crippen LogP contribution is 2.28. The summed E-state index contributed by atoms with van der Waals surface area (Å²) in [5, 5.41) is 18.9. The molecule has 1 aromatic heterocycles. The van der Waals surface area contributed by atoms with Crippen molar-refractivity contribution in [2.24, 2.45) is 0 Å². The second kappa shape index (κ2) is 8.08. The number of H-pyrrole nitrogens is 1. The molecular formula is C16H16N4O3S. The number of aromatic amines is 1. The largest absolute Gasteiger partial charge is 0.493 e. The Hall–Kier alpha value is -2.92. The van der Waals surface area contributed by atoms with Gasteiger partial charge in [-0.05, 0) is 30.0 Å². The summed E-state index contributed by atoms with van der Waals surface area (Å²) < 4.78 is 10.4. The van der Waals surface area contributed by atoms with Gasteiger partial charge in [0.2, 0.25) is 5.91 Å². The number of amides is 1. The number of anilines is 1. The number of rotatable bonds is 6. The maximum Gasteiger partial charge on any atom is 0.249 e. The van der Waals surface area contributed by atoms with Gasteiger partial charge in [-0.15, -0.1) is 11.8 Å². The van der Waals surface area contributed by atoms with E-state index in [0.29, 0.717) is 22.1 Å².